The molecule has 0 heterocycles. The van der Waals surface area contributed by atoms with Crippen LogP contribution in [-0.2, 0) is 28.9 Å². The Bertz CT molecular complexity index is 585. The fourth-order valence-corrected chi connectivity index (χ4v) is 2.72. The van der Waals surface area contributed by atoms with Gasteiger partial charge in [0.2, 0.25) is 0 Å². The van der Waals surface area contributed by atoms with Crippen molar-refractivity contribution in [1.82, 2.24) is 4.89 Å². The molecule has 2 aromatic rings. The van der Waals surface area contributed by atoms with Crippen LogP contribution in [0.2, 0.25) is 0 Å². The summed E-state index contributed by atoms with van der Waals surface area (Å²) in [5.41, 5.74) is 2.31. The summed E-state index contributed by atoms with van der Waals surface area (Å²) in [5.74, 6) is 0. The first-order valence-corrected chi connectivity index (χ1v) is 8.60. The lowest BCUT2D eigenvalue weighted by molar-refractivity contribution is 0.0818. The van der Waals surface area contributed by atoms with Gasteiger partial charge in [-0.1, -0.05) is 60.7 Å². The van der Waals surface area contributed by atoms with Gasteiger partial charge in [-0.3, -0.25) is 4.84 Å². The van der Waals surface area contributed by atoms with E-state index in [0.717, 1.165) is 18.4 Å². The van der Waals surface area contributed by atoms with E-state index >= 15 is 0 Å². The second kappa shape index (κ2) is 8.22. The van der Waals surface area contributed by atoms with Crippen LogP contribution in [0.25, 0.3) is 0 Å². The van der Waals surface area contributed by atoms with Crippen molar-refractivity contribution in [2.75, 3.05) is 0 Å². The summed E-state index contributed by atoms with van der Waals surface area (Å²) in [6.45, 7) is 4.39. The summed E-state index contributed by atoms with van der Waals surface area (Å²) in [6, 6.07) is 20.1. The van der Waals surface area contributed by atoms with E-state index in [4.69, 9.17) is 4.84 Å². The normalized spacial score (nSPS) is 13.0. The SMILES string of the molecule is CC(C)(CCc1ccccc1)S(=O)NOCc1ccccc1. The number of benzene rings is 2. The highest BCUT2D eigenvalue weighted by molar-refractivity contribution is 7.84. The summed E-state index contributed by atoms with van der Waals surface area (Å²) >= 11 is 0. The zero-order valence-corrected chi connectivity index (χ0v) is 13.9. The van der Waals surface area contributed by atoms with Gasteiger partial charge < -0.3 is 0 Å². The molecule has 0 fully saturated rings. The third kappa shape index (κ3) is 5.37. The van der Waals surface area contributed by atoms with Crippen molar-refractivity contribution in [1.29, 1.82) is 0 Å². The number of aryl methyl sites for hydroxylation is 1. The van der Waals surface area contributed by atoms with Gasteiger partial charge in [0.25, 0.3) is 0 Å². The molecule has 22 heavy (non-hydrogen) atoms. The largest absolute Gasteiger partial charge is 0.284 e. The fourth-order valence-electron chi connectivity index (χ4n) is 2.04. The molecule has 4 heteroatoms. The Kier molecular flexibility index (Phi) is 6.31. The number of hydrogen-bond donors (Lipinski definition) is 1. The van der Waals surface area contributed by atoms with Crippen LogP contribution in [0.4, 0.5) is 0 Å². The summed E-state index contributed by atoms with van der Waals surface area (Å²) < 4.78 is 12.0. The van der Waals surface area contributed by atoms with Gasteiger partial charge in [0, 0.05) is 0 Å². The Morgan fingerprint density at radius 2 is 1.50 bits per heavy atom. The second-order valence-electron chi connectivity index (χ2n) is 5.87. The maximum atomic E-state index is 12.4. The molecule has 0 radical (unpaired) electrons. The van der Waals surface area contributed by atoms with Crippen LogP contribution in [0.5, 0.6) is 0 Å². The summed E-state index contributed by atoms with van der Waals surface area (Å²) in [4.78, 5) is 8.05. The van der Waals surface area contributed by atoms with Gasteiger partial charge >= 0.3 is 0 Å². The number of nitrogens with one attached hydrogen (secondary N) is 1. The fraction of sp³-hybridized carbons (Fsp3) is 0.333. The molecule has 0 bridgehead atoms. The molecule has 2 rings (SSSR count). The van der Waals surface area contributed by atoms with E-state index in [1.165, 1.54) is 5.56 Å². The summed E-state index contributed by atoms with van der Waals surface area (Å²) in [5, 5.41) is 0. The highest BCUT2D eigenvalue weighted by atomic mass is 32.2. The lowest BCUT2D eigenvalue weighted by Crippen LogP contribution is -2.36. The molecule has 0 aliphatic rings. The quantitative estimate of drug-likeness (QED) is 0.752. The molecular weight excluding hydrogens is 294 g/mol. The van der Waals surface area contributed by atoms with E-state index in [1.54, 1.807) is 0 Å². The van der Waals surface area contributed by atoms with Crippen LogP contribution in [0, 0.1) is 0 Å². The lowest BCUT2D eigenvalue weighted by Gasteiger charge is -2.23. The van der Waals surface area contributed by atoms with Gasteiger partial charge in [-0.05, 0) is 37.8 Å². The minimum atomic E-state index is -1.25. The zero-order chi connectivity index (χ0) is 15.8. The molecule has 2 aromatic carbocycles. The Labute approximate surface area is 135 Å². The monoisotopic (exact) mass is 317 g/mol. The maximum absolute atomic E-state index is 12.4. The van der Waals surface area contributed by atoms with Gasteiger partial charge in [0.15, 0.2) is 0 Å². The van der Waals surface area contributed by atoms with Crippen LogP contribution >= 0.6 is 0 Å². The van der Waals surface area contributed by atoms with Crippen LogP contribution in [-0.4, -0.2) is 8.96 Å². The van der Waals surface area contributed by atoms with Crippen molar-refractivity contribution < 1.29 is 9.05 Å². The number of hydrogen-bond acceptors (Lipinski definition) is 2. The molecule has 0 aliphatic carbocycles. The van der Waals surface area contributed by atoms with Crippen LogP contribution in [0.15, 0.2) is 60.7 Å². The third-order valence-corrected chi connectivity index (χ3v) is 5.05. The lowest BCUT2D eigenvalue weighted by atomic mass is 10.0. The molecule has 0 amide bonds. The predicted molar refractivity (Wildman–Crippen MR) is 91.4 cm³/mol. The first-order valence-electron chi connectivity index (χ1n) is 7.45. The minimum absolute atomic E-state index is 0.355. The Morgan fingerprint density at radius 1 is 0.955 bits per heavy atom. The third-order valence-electron chi connectivity index (χ3n) is 3.58. The van der Waals surface area contributed by atoms with Crippen LogP contribution < -0.4 is 4.89 Å². The maximum Gasteiger partial charge on any atom is 0.121 e. The molecule has 0 saturated heterocycles. The van der Waals surface area contributed by atoms with Gasteiger partial charge in [-0.15, -0.1) is 4.89 Å². The molecule has 3 nitrogen and oxygen atoms in total. The standard InChI is InChI=1S/C18H23NO2S/c1-18(2,14-13-16-9-5-3-6-10-16)22(20)19-21-15-17-11-7-4-8-12-17/h3-12,19H,13-15H2,1-2H3. The Balaban J connectivity index is 1.77. The average molecular weight is 317 g/mol. The molecule has 118 valence electrons. The minimum Gasteiger partial charge on any atom is -0.284 e. The highest BCUT2D eigenvalue weighted by Crippen LogP contribution is 2.19. The summed E-state index contributed by atoms with van der Waals surface area (Å²) in [6.07, 6.45) is 1.73. The summed E-state index contributed by atoms with van der Waals surface area (Å²) in [7, 11) is -1.25. The predicted octanol–water partition coefficient (Wildman–Crippen LogP) is 3.78. The molecular formula is C18H23NO2S. The topological polar surface area (TPSA) is 38.3 Å². The van der Waals surface area contributed by atoms with Gasteiger partial charge in [-0.25, -0.2) is 4.21 Å². The van der Waals surface area contributed by atoms with Crippen LogP contribution in [0.1, 0.15) is 31.4 Å². The first-order chi connectivity index (χ1) is 10.6. The van der Waals surface area contributed by atoms with E-state index < -0.39 is 11.0 Å². The van der Waals surface area contributed by atoms with Crippen molar-refractivity contribution in [3.05, 3.63) is 71.8 Å². The van der Waals surface area contributed by atoms with E-state index in [0.29, 0.717) is 6.61 Å². The van der Waals surface area contributed by atoms with Crippen molar-refractivity contribution in [2.24, 2.45) is 0 Å². The first kappa shape index (κ1) is 16.9. The van der Waals surface area contributed by atoms with E-state index in [-0.39, 0.29) is 4.75 Å². The van der Waals surface area contributed by atoms with Crippen molar-refractivity contribution in [3.63, 3.8) is 0 Å². The molecule has 0 saturated carbocycles. The Hall–Kier alpha value is -1.49. The highest BCUT2D eigenvalue weighted by Gasteiger charge is 2.26. The molecule has 1 atom stereocenters. The van der Waals surface area contributed by atoms with Gasteiger partial charge in [-0.2, -0.15) is 0 Å². The second-order valence-corrected chi connectivity index (χ2v) is 7.68. The van der Waals surface area contributed by atoms with Crippen molar-refractivity contribution in [3.8, 4) is 0 Å². The molecule has 0 spiro atoms. The molecule has 1 N–H and O–H groups in total. The van der Waals surface area contributed by atoms with E-state index in [9.17, 15) is 4.21 Å². The Morgan fingerprint density at radius 3 is 2.09 bits per heavy atom. The van der Waals surface area contributed by atoms with Crippen molar-refractivity contribution in [2.45, 2.75) is 38.0 Å². The van der Waals surface area contributed by atoms with Crippen LogP contribution in [0.3, 0.4) is 0 Å². The van der Waals surface area contributed by atoms with E-state index in [2.05, 4.69) is 17.0 Å². The van der Waals surface area contributed by atoms with Gasteiger partial charge in [0.05, 0.1) is 11.4 Å². The average Bonchev–Trinajstić information content (AvgIpc) is 2.55. The molecule has 0 aliphatic heterocycles. The van der Waals surface area contributed by atoms with Crippen molar-refractivity contribution >= 4 is 11.0 Å². The smallest absolute Gasteiger partial charge is 0.121 e. The zero-order valence-electron chi connectivity index (χ0n) is 13.1. The molecule has 1 unspecified atom stereocenters. The van der Waals surface area contributed by atoms with E-state index in [1.807, 2.05) is 62.4 Å². The van der Waals surface area contributed by atoms with Gasteiger partial charge in [0.1, 0.15) is 11.0 Å². The number of rotatable bonds is 8. The molecule has 0 aromatic heterocycles.